The first-order valence-corrected chi connectivity index (χ1v) is 7.28. The maximum Gasteiger partial charge on any atom is 0.170 e. The lowest BCUT2D eigenvalue weighted by atomic mass is 9.93. The van der Waals surface area contributed by atoms with Crippen molar-refractivity contribution in [1.29, 1.82) is 0 Å². The third-order valence-corrected chi connectivity index (χ3v) is 3.29. The van der Waals surface area contributed by atoms with E-state index in [2.05, 4.69) is 0 Å². The van der Waals surface area contributed by atoms with Crippen LogP contribution in [0.2, 0.25) is 0 Å². The number of hydrogen-bond donors (Lipinski definition) is 2. The molecule has 0 saturated carbocycles. The molecule has 21 heavy (non-hydrogen) atoms. The van der Waals surface area contributed by atoms with Crippen LogP contribution >= 0.6 is 0 Å². The lowest BCUT2D eigenvalue weighted by Gasteiger charge is -2.30. The molecule has 1 aromatic rings. The average Bonchev–Trinajstić information content (AvgIpc) is 2.46. The summed E-state index contributed by atoms with van der Waals surface area (Å²) in [7, 11) is 0. The smallest absolute Gasteiger partial charge is 0.170 e. The summed E-state index contributed by atoms with van der Waals surface area (Å²) >= 11 is 0. The molecule has 1 aliphatic rings. The molecule has 4 nitrogen and oxygen atoms in total. The van der Waals surface area contributed by atoms with Gasteiger partial charge in [-0.1, -0.05) is 20.8 Å². The van der Waals surface area contributed by atoms with Gasteiger partial charge < -0.3 is 14.9 Å². The van der Waals surface area contributed by atoms with Crippen molar-refractivity contribution in [3.8, 4) is 17.2 Å². The van der Waals surface area contributed by atoms with E-state index in [0.717, 1.165) is 0 Å². The van der Waals surface area contributed by atoms with E-state index in [-0.39, 0.29) is 29.3 Å². The number of aromatic hydroxyl groups is 2. The van der Waals surface area contributed by atoms with Crippen molar-refractivity contribution >= 4 is 11.9 Å². The second-order valence-corrected chi connectivity index (χ2v) is 5.26. The highest BCUT2D eigenvalue weighted by Gasteiger charge is 2.30. The van der Waals surface area contributed by atoms with Gasteiger partial charge in [0.2, 0.25) is 0 Å². The Hall–Kier alpha value is -1.97. The van der Waals surface area contributed by atoms with Gasteiger partial charge in [-0.25, -0.2) is 0 Å². The van der Waals surface area contributed by atoms with Crippen LogP contribution in [-0.4, -0.2) is 21.6 Å². The molecule has 2 rings (SSSR count). The zero-order valence-corrected chi connectivity index (χ0v) is 13.6. The molecule has 0 radical (unpaired) electrons. The van der Waals surface area contributed by atoms with Gasteiger partial charge in [0.25, 0.3) is 0 Å². The van der Waals surface area contributed by atoms with Crippen molar-refractivity contribution in [3.05, 3.63) is 22.8 Å². The Morgan fingerprint density at radius 1 is 1.24 bits per heavy atom. The molecule has 1 heterocycles. The molecule has 0 aliphatic carbocycles. The van der Waals surface area contributed by atoms with Gasteiger partial charge in [0, 0.05) is 12.0 Å². The first kappa shape index (κ1) is 17.1. The Morgan fingerprint density at radius 2 is 1.81 bits per heavy atom. The molecular formula is C17H24O4. The van der Waals surface area contributed by atoms with Crippen LogP contribution in [0.5, 0.6) is 17.2 Å². The first-order valence-electron chi connectivity index (χ1n) is 7.28. The van der Waals surface area contributed by atoms with Crippen molar-refractivity contribution in [2.75, 3.05) is 0 Å². The number of carbonyl (C=O) groups excluding carboxylic acids is 1. The van der Waals surface area contributed by atoms with E-state index in [9.17, 15) is 15.0 Å². The van der Waals surface area contributed by atoms with E-state index in [4.69, 9.17) is 4.74 Å². The number of rotatable bonds is 2. The molecule has 0 unspecified atom stereocenters. The fraction of sp³-hybridized carbons (Fsp3) is 0.471. The van der Waals surface area contributed by atoms with Crippen LogP contribution in [0.4, 0.5) is 0 Å². The minimum absolute atomic E-state index is 0.0216. The van der Waals surface area contributed by atoms with E-state index >= 15 is 0 Å². The van der Waals surface area contributed by atoms with E-state index in [0.29, 0.717) is 16.9 Å². The third-order valence-electron chi connectivity index (χ3n) is 3.29. The van der Waals surface area contributed by atoms with Crippen molar-refractivity contribution in [3.63, 3.8) is 0 Å². The first-order chi connectivity index (χ1) is 9.78. The normalized spacial score (nSPS) is 14.6. The van der Waals surface area contributed by atoms with Crippen LogP contribution in [0.1, 0.15) is 62.5 Å². The predicted molar refractivity (Wildman–Crippen MR) is 84.2 cm³/mol. The van der Waals surface area contributed by atoms with Gasteiger partial charge in [0.15, 0.2) is 5.78 Å². The lowest BCUT2D eigenvalue weighted by Crippen LogP contribution is -2.28. The number of ketones is 1. The molecule has 2 N–H and O–H groups in total. The van der Waals surface area contributed by atoms with Crippen LogP contribution in [0, 0.1) is 6.92 Å². The minimum atomic E-state index is -0.507. The molecular weight excluding hydrogens is 268 g/mol. The average molecular weight is 292 g/mol. The van der Waals surface area contributed by atoms with Crippen LogP contribution < -0.4 is 4.74 Å². The summed E-state index contributed by atoms with van der Waals surface area (Å²) in [5.74, 6) is -0.278. The highest BCUT2D eigenvalue weighted by Crippen LogP contribution is 2.46. The van der Waals surface area contributed by atoms with E-state index < -0.39 is 5.60 Å². The standard InChI is InChI=1S/C15H18O4.C2H6/c1-5-10(16)11-12(17)8(2)14-9(13(11)18)6-7-15(3,4)19-14;1-2/h6-7,17-18H,5H2,1-4H3;1-2H3. The SMILES string of the molecule is CC.CCC(=O)c1c(O)c(C)c2c(c1O)C=CC(C)(C)O2. The maximum atomic E-state index is 11.8. The van der Waals surface area contributed by atoms with E-state index in [1.165, 1.54) is 0 Å². The number of fused-ring (bicyclic) bond motifs is 1. The van der Waals surface area contributed by atoms with Gasteiger partial charge in [0.1, 0.15) is 28.4 Å². The topological polar surface area (TPSA) is 66.8 Å². The second kappa shape index (κ2) is 6.20. The maximum absolute atomic E-state index is 11.8. The predicted octanol–water partition coefficient (Wildman–Crippen LogP) is 4.21. The van der Waals surface area contributed by atoms with Crippen molar-refractivity contribution in [2.24, 2.45) is 0 Å². The quantitative estimate of drug-likeness (QED) is 0.801. The number of carbonyl (C=O) groups is 1. The highest BCUT2D eigenvalue weighted by atomic mass is 16.5. The Labute approximate surface area is 126 Å². The fourth-order valence-electron chi connectivity index (χ4n) is 2.16. The zero-order chi connectivity index (χ0) is 16.4. The second-order valence-electron chi connectivity index (χ2n) is 5.26. The molecule has 0 spiro atoms. The van der Waals surface area contributed by atoms with E-state index in [1.807, 2.05) is 33.8 Å². The molecule has 0 aromatic heterocycles. The van der Waals surface area contributed by atoms with Gasteiger partial charge >= 0.3 is 0 Å². The monoisotopic (exact) mass is 292 g/mol. The Balaban J connectivity index is 0.00000106. The largest absolute Gasteiger partial charge is 0.507 e. The molecule has 0 atom stereocenters. The highest BCUT2D eigenvalue weighted by molar-refractivity contribution is 6.03. The third kappa shape index (κ3) is 3.04. The Morgan fingerprint density at radius 3 is 2.33 bits per heavy atom. The van der Waals surface area contributed by atoms with Crippen molar-refractivity contribution in [1.82, 2.24) is 0 Å². The number of phenolic OH excluding ortho intramolecular Hbond substituents is 2. The van der Waals surface area contributed by atoms with Gasteiger partial charge in [-0.2, -0.15) is 0 Å². The number of hydrogen-bond acceptors (Lipinski definition) is 4. The summed E-state index contributed by atoms with van der Waals surface area (Å²) in [6.45, 7) is 11.1. The number of ether oxygens (including phenoxy) is 1. The molecule has 0 saturated heterocycles. The molecule has 116 valence electrons. The minimum Gasteiger partial charge on any atom is -0.507 e. The summed E-state index contributed by atoms with van der Waals surface area (Å²) in [4.78, 5) is 11.8. The van der Waals surface area contributed by atoms with Crippen LogP contribution in [0.3, 0.4) is 0 Å². The van der Waals surface area contributed by atoms with Gasteiger partial charge in [-0.15, -0.1) is 0 Å². The van der Waals surface area contributed by atoms with Crippen molar-refractivity contribution in [2.45, 2.75) is 53.6 Å². The van der Waals surface area contributed by atoms with Gasteiger partial charge in [-0.3, -0.25) is 4.79 Å². The van der Waals surface area contributed by atoms with Gasteiger partial charge in [0.05, 0.1) is 5.56 Å². The van der Waals surface area contributed by atoms with Crippen LogP contribution in [0.15, 0.2) is 6.08 Å². The number of phenols is 2. The summed E-state index contributed by atoms with van der Waals surface area (Å²) in [6, 6.07) is 0. The van der Waals surface area contributed by atoms with Crippen LogP contribution in [0.25, 0.3) is 6.08 Å². The molecule has 0 bridgehead atoms. The molecule has 4 heteroatoms. The summed E-state index contributed by atoms with van der Waals surface area (Å²) < 4.78 is 5.76. The molecule has 0 fully saturated rings. The summed E-state index contributed by atoms with van der Waals surface area (Å²) in [5.41, 5.74) is 0.396. The zero-order valence-electron chi connectivity index (χ0n) is 13.6. The Kier molecular flexibility index (Phi) is 5.05. The molecule has 1 aliphatic heterocycles. The molecule has 1 aromatic carbocycles. The number of Topliss-reactive ketones (excluding diaryl/α,β-unsaturated/α-hetero) is 1. The summed E-state index contributed by atoms with van der Waals surface area (Å²) in [5, 5.41) is 20.3. The number of benzene rings is 1. The molecule has 0 amide bonds. The Bertz CT molecular complexity index is 583. The fourth-order valence-corrected chi connectivity index (χ4v) is 2.16. The van der Waals surface area contributed by atoms with Crippen molar-refractivity contribution < 1.29 is 19.7 Å². The van der Waals surface area contributed by atoms with Gasteiger partial charge in [-0.05, 0) is 32.9 Å². The van der Waals surface area contributed by atoms with E-state index in [1.54, 1.807) is 19.9 Å². The summed E-state index contributed by atoms with van der Waals surface area (Å²) in [6.07, 6.45) is 3.76. The lowest BCUT2D eigenvalue weighted by molar-refractivity contribution is 0.0982. The van der Waals surface area contributed by atoms with Crippen LogP contribution in [-0.2, 0) is 0 Å².